The Morgan fingerprint density at radius 2 is 0.413 bits per heavy atom. The summed E-state index contributed by atoms with van der Waals surface area (Å²) < 4.78 is 0. The van der Waals surface area contributed by atoms with Gasteiger partial charge in [0.15, 0.2) is 30.7 Å². The van der Waals surface area contributed by atoms with E-state index in [9.17, 15) is 28.8 Å². The van der Waals surface area contributed by atoms with Gasteiger partial charge in [-0.05, 0) is 151 Å². The smallest absolute Gasteiger partial charge is 0.195 e. The Morgan fingerprint density at radius 1 is 0.254 bits per heavy atom. The molecular weight excluding hydrogens is 961 g/mol. The van der Waals surface area contributed by atoms with E-state index in [4.69, 9.17) is 0 Å². The summed E-state index contributed by atoms with van der Waals surface area (Å²) in [6.45, 7) is 0. The number of carbonyl (C=O) groups excluding carboxylic acids is 6. The normalized spacial score (nSPS) is 47.0. The molecule has 0 amide bonds. The molecule has 6 nitrogen and oxygen atoms in total. The molecule has 348 valence electrons. The lowest BCUT2D eigenvalue weighted by atomic mass is 9.44. The Hall–Kier alpha value is 1.17. The molecule has 0 aromatic rings. The van der Waals surface area contributed by atoms with Crippen molar-refractivity contribution in [2.45, 2.75) is 116 Å². The summed E-state index contributed by atoms with van der Waals surface area (Å²) in [5.41, 5.74) is -2.07. The average molecular weight is 1030 g/mol. The lowest BCUT2D eigenvalue weighted by Crippen LogP contribution is -2.56. The third-order valence-corrected chi connectivity index (χ3v) is 28.7. The van der Waals surface area contributed by atoms with E-state index in [1.54, 1.807) is 0 Å². The predicted octanol–water partition coefficient (Wildman–Crippen LogP) is 11.5. The van der Waals surface area contributed by atoms with Gasteiger partial charge in [0.25, 0.3) is 0 Å². The van der Waals surface area contributed by atoms with Crippen LogP contribution in [0, 0.1) is 68.0 Å². The summed E-state index contributed by atoms with van der Waals surface area (Å²) in [5, 5.41) is 1.95. The second kappa shape index (κ2) is 19.4. The minimum atomic E-state index is -0.345. The standard InChI is InChI=1S/C48H66O6S9/c49-37-43-16-31-13-32(17-43)19-44(18-31,28-43)39(51)60-9-3-56-5-11-62-41(53)47-24-35-15-36(25-47)27-48(26-35,30-47)42(54)63-12-6-57-4-10-61-40(52)46-22-33-14-34(23-46)21-45(20-33,29-46)38(50)59-8-2-55-1-7-58-37/h31-36H,1-30H2. The predicted molar refractivity (Wildman–Crippen MR) is 275 cm³/mol. The van der Waals surface area contributed by atoms with E-state index in [1.165, 1.54) is 89.8 Å². The van der Waals surface area contributed by atoms with Crippen LogP contribution in [-0.4, -0.2) is 99.7 Å². The van der Waals surface area contributed by atoms with Crippen molar-refractivity contribution in [2.24, 2.45) is 68.0 Å². The number of thioether (sulfide) groups is 9. The highest BCUT2D eigenvalue weighted by molar-refractivity contribution is 8.16. The van der Waals surface area contributed by atoms with Gasteiger partial charge in [0.2, 0.25) is 0 Å². The van der Waals surface area contributed by atoms with Crippen LogP contribution in [0.5, 0.6) is 0 Å². The molecule has 0 aromatic carbocycles. The molecule has 13 aliphatic rings. The van der Waals surface area contributed by atoms with Gasteiger partial charge in [-0.25, -0.2) is 0 Å². The molecule has 1 aliphatic heterocycles. The molecule has 1 saturated heterocycles. The van der Waals surface area contributed by atoms with Crippen LogP contribution in [0.15, 0.2) is 0 Å². The van der Waals surface area contributed by atoms with Crippen molar-refractivity contribution in [3.8, 4) is 0 Å². The molecule has 0 radical (unpaired) electrons. The van der Waals surface area contributed by atoms with E-state index < -0.39 is 0 Å². The summed E-state index contributed by atoms with van der Waals surface area (Å²) in [7, 11) is 0. The quantitative estimate of drug-likeness (QED) is 0.230. The molecule has 15 heteroatoms. The fourth-order valence-corrected chi connectivity index (χ4v) is 26.4. The van der Waals surface area contributed by atoms with Gasteiger partial charge in [0, 0.05) is 102 Å². The number of carbonyl (C=O) groups is 6. The van der Waals surface area contributed by atoms with Crippen LogP contribution in [0.4, 0.5) is 0 Å². The highest BCUT2D eigenvalue weighted by atomic mass is 32.2. The second-order valence-corrected chi connectivity index (χ2v) is 32.3. The maximum Gasteiger partial charge on any atom is 0.195 e. The highest BCUT2D eigenvalue weighted by Crippen LogP contribution is 2.70. The zero-order chi connectivity index (χ0) is 43.5. The molecule has 6 spiro atoms. The molecular formula is C48H66O6S9. The van der Waals surface area contributed by atoms with Crippen LogP contribution in [0.2, 0.25) is 0 Å². The number of hydrogen-bond donors (Lipinski definition) is 0. The van der Waals surface area contributed by atoms with Crippen molar-refractivity contribution in [1.82, 2.24) is 0 Å². The van der Waals surface area contributed by atoms with Gasteiger partial charge in [0.05, 0.1) is 0 Å². The topological polar surface area (TPSA) is 102 Å². The summed E-state index contributed by atoms with van der Waals surface area (Å²) >= 11 is 14.6. The van der Waals surface area contributed by atoms with Crippen molar-refractivity contribution in [3.05, 3.63) is 0 Å². The second-order valence-electron chi connectivity index (χ2n) is 22.2. The van der Waals surface area contributed by atoms with Crippen LogP contribution in [0.1, 0.15) is 116 Å². The lowest BCUT2D eigenvalue weighted by Gasteiger charge is -2.60. The van der Waals surface area contributed by atoms with Crippen molar-refractivity contribution in [3.63, 3.8) is 0 Å². The maximum atomic E-state index is 14.1. The molecule has 63 heavy (non-hydrogen) atoms. The van der Waals surface area contributed by atoms with Crippen molar-refractivity contribution < 1.29 is 28.8 Å². The van der Waals surface area contributed by atoms with Gasteiger partial charge < -0.3 is 0 Å². The first-order chi connectivity index (χ1) is 30.4. The first-order valence-corrected chi connectivity index (χ1v) is 33.5. The number of rotatable bonds is 0. The Morgan fingerprint density at radius 3 is 0.571 bits per heavy atom. The Labute approximate surface area is 414 Å². The van der Waals surface area contributed by atoms with Gasteiger partial charge in [0.1, 0.15) is 0 Å². The third kappa shape index (κ3) is 9.57. The first kappa shape index (κ1) is 47.8. The maximum absolute atomic E-state index is 14.1. The minimum Gasteiger partial charge on any atom is -0.287 e. The van der Waals surface area contributed by atoms with Crippen LogP contribution in [-0.2, 0) is 28.8 Å². The zero-order valence-electron chi connectivity index (χ0n) is 36.8. The third-order valence-electron chi connectivity index (χ3n) is 17.5. The SMILES string of the molecule is O=C1SCCSCCSC(=O)C23CC4CC(C2)CC(C4)(C3)C(=O)SCCSCCSC(=O)C23CC4CC(CC(C4)(C2)C(=O)SCCSCCSC(=O)C24CC5CC(CC1(C5)C2)C4)C3. The molecule has 0 unspecified atom stereocenters. The molecule has 12 aliphatic carbocycles. The van der Waals surface area contributed by atoms with Crippen molar-refractivity contribution >= 4 is 137 Å². The van der Waals surface area contributed by atoms with Crippen LogP contribution >= 0.6 is 106 Å². The van der Waals surface area contributed by atoms with E-state index >= 15 is 0 Å². The van der Waals surface area contributed by atoms with E-state index in [0.29, 0.717) is 66.2 Å². The van der Waals surface area contributed by atoms with Gasteiger partial charge in [-0.3, -0.25) is 28.8 Å². The summed E-state index contributed by atoms with van der Waals surface area (Å²) in [6, 6.07) is 0. The molecule has 0 N–H and O–H groups in total. The van der Waals surface area contributed by atoms with E-state index in [0.717, 1.165) is 165 Å². The van der Waals surface area contributed by atoms with Gasteiger partial charge in [-0.15, -0.1) is 0 Å². The van der Waals surface area contributed by atoms with Crippen LogP contribution in [0.25, 0.3) is 0 Å². The molecule has 0 aromatic heterocycles. The van der Waals surface area contributed by atoms with E-state index in [-0.39, 0.29) is 32.5 Å². The summed E-state index contributed by atoms with van der Waals surface area (Å²) in [5.74, 6) is 12.9. The lowest BCUT2D eigenvalue weighted by molar-refractivity contribution is -0.154. The zero-order valence-corrected chi connectivity index (χ0v) is 44.1. The molecule has 1 heterocycles. The molecule has 0 atom stereocenters. The average Bonchev–Trinajstić information content (AvgIpc) is 3.23. The van der Waals surface area contributed by atoms with Gasteiger partial charge in [-0.1, -0.05) is 70.6 Å². The highest BCUT2D eigenvalue weighted by Gasteiger charge is 2.65. The molecule has 12 saturated carbocycles. The monoisotopic (exact) mass is 1030 g/mol. The Balaban J connectivity index is 0.776. The van der Waals surface area contributed by atoms with Crippen molar-refractivity contribution in [1.29, 1.82) is 0 Å². The summed E-state index contributed by atoms with van der Waals surface area (Å²) in [6.07, 6.45) is 17.3. The van der Waals surface area contributed by atoms with Gasteiger partial charge >= 0.3 is 0 Å². The fourth-order valence-electron chi connectivity index (χ4n) is 16.6. The largest absolute Gasteiger partial charge is 0.287 e. The van der Waals surface area contributed by atoms with Gasteiger partial charge in [-0.2, -0.15) is 35.3 Å². The van der Waals surface area contributed by atoms with Crippen LogP contribution in [0.3, 0.4) is 0 Å². The van der Waals surface area contributed by atoms with Crippen LogP contribution < -0.4 is 0 Å². The van der Waals surface area contributed by atoms with E-state index in [1.807, 2.05) is 35.3 Å². The molecule has 12 bridgehead atoms. The molecule has 13 fully saturated rings. The first-order valence-electron chi connectivity index (χ1n) is 24.1. The Kier molecular flexibility index (Phi) is 14.7. The Bertz CT molecular complexity index is 1480. The fraction of sp³-hybridized carbons (Fsp3) is 0.875. The molecule has 13 rings (SSSR count). The van der Waals surface area contributed by atoms with E-state index in [2.05, 4.69) is 0 Å². The van der Waals surface area contributed by atoms with Crippen molar-refractivity contribution in [2.75, 3.05) is 69.0 Å². The minimum absolute atomic E-state index is 0.325. The summed E-state index contributed by atoms with van der Waals surface area (Å²) in [4.78, 5) is 84.3. The number of hydrogen-bond acceptors (Lipinski definition) is 15.